The highest BCUT2D eigenvalue weighted by Gasteiger charge is 2.45. The Hall–Kier alpha value is -3.02. The number of rotatable bonds is 5. The van der Waals surface area contributed by atoms with Gasteiger partial charge in [-0.2, -0.15) is 0 Å². The van der Waals surface area contributed by atoms with Crippen molar-refractivity contribution in [2.24, 2.45) is 0 Å². The lowest BCUT2D eigenvalue weighted by Gasteiger charge is -2.25. The predicted octanol–water partition coefficient (Wildman–Crippen LogP) is 3.44. The second-order valence-electron chi connectivity index (χ2n) is 6.13. The summed E-state index contributed by atoms with van der Waals surface area (Å²) in [5.41, 5.74) is 1.00. The SMILES string of the molecule is CCCCN1C(=O)C(=O)/C(=C(\O)c2ccc(F)cc2)C1c1ccncc1. The molecule has 0 radical (unpaired) electrons. The number of hydrogen-bond acceptors (Lipinski definition) is 4. The minimum atomic E-state index is -0.732. The van der Waals surface area contributed by atoms with Crippen LogP contribution in [0.4, 0.5) is 4.39 Å². The molecule has 1 amide bonds. The number of Topliss-reactive ketones (excluding diaryl/α,β-unsaturated/α-hetero) is 1. The van der Waals surface area contributed by atoms with Gasteiger partial charge in [0.05, 0.1) is 11.6 Å². The fourth-order valence-electron chi connectivity index (χ4n) is 3.09. The Morgan fingerprint density at radius 3 is 2.42 bits per heavy atom. The van der Waals surface area contributed by atoms with E-state index in [2.05, 4.69) is 4.98 Å². The number of amides is 1. The molecule has 2 aromatic rings. The number of benzene rings is 1. The first kappa shape index (κ1) is 17.8. The van der Waals surface area contributed by atoms with Gasteiger partial charge in [-0.05, 0) is 48.4 Å². The van der Waals surface area contributed by atoms with Crippen LogP contribution < -0.4 is 0 Å². The zero-order chi connectivity index (χ0) is 18.7. The van der Waals surface area contributed by atoms with Crippen LogP contribution in [0.1, 0.15) is 36.9 Å². The number of aliphatic hydroxyl groups is 1. The topological polar surface area (TPSA) is 70.5 Å². The summed E-state index contributed by atoms with van der Waals surface area (Å²) in [6, 6.07) is 7.91. The number of ketones is 1. The number of carbonyl (C=O) groups excluding carboxylic acids is 2. The summed E-state index contributed by atoms with van der Waals surface area (Å²) in [4.78, 5) is 30.6. The Morgan fingerprint density at radius 1 is 1.15 bits per heavy atom. The molecule has 1 unspecified atom stereocenters. The van der Waals surface area contributed by atoms with Crippen molar-refractivity contribution >= 4 is 17.4 Å². The largest absolute Gasteiger partial charge is 0.507 e. The maximum absolute atomic E-state index is 13.2. The maximum Gasteiger partial charge on any atom is 0.295 e. The average Bonchev–Trinajstić information content (AvgIpc) is 2.91. The summed E-state index contributed by atoms with van der Waals surface area (Å²) in [5, 5.41) is 10.7. The Kier molecular flexibility index (Phi) is 5.11. The third kappa shape index (κ3) is 3.22. The fraction of sp³-hybridized carbons (Fsp3) is 0.250. The van der Waals surface area contributed by atoms with Crippen LogP contribution in [0.15, 0.2) is 54.4 Å². The minimum absolute atomic E-state index is 0.0175. The van der Waals surface area contributed by atoms with Gasteiger partial charge in [-0.3, -0.25) is 14.6 Å². The van der Waals surface area contributed by atoms with E-state index in [1.165, 1.54) is 29.2 Å². The maximum atomic E-state index is 13.2. The van der Waals surface area contributed by atoms with Gasteiger partial charge in [0.2, 0.25) is 0 Å². The van der Waals surface area contributed by atoms with Crippen molar-refractivity contribution in [2.75, 3.05) is 6.54 Å². The summed E-state index contributed by atoms with van der Waals surface area (Å²) >= 11 is 0. The van der Waals surface area contributed by atoms with Gasteiger partial charge in [-0.15, -0.1) is 0 Å². The number of nitrogens with zero attached hydrogens (tertiary/aromatic N) is 2. The van der Waals surface area contributed by atoms with E-state index in [-0.39, 0.29) is 11.3 Å². The first-order chi connectivity index (χ1) is 12.5. The summed E-state index contributed by atoms with van der Waals surface area (Å²) in [6.07, 6.45) is 4.76. The van der Waals surface area contributed by atoms with Crippen molar-refractivity contribution in [1.82, 2.24) is 9.88 Å². The van der Waals surface area contributed by atoms with E-state index in [0.29, 0.717) is 17.7 Å². The van der Waals surface area contributed by atoms with E-state index >= 15 is 0 Å². The third-order valence-electron chi connectivity index (χ3n) is 4.43. The van der Waals surface area contributed by atoms with Crippen molar-refractivity contribution in [3.63, 3.8) is 0 Å². The quantitative estimate of drug-likeness (QED) is 0.507. The molecule has 0 aliphatic carbocycles. The first-order valence-corrected chi connectivity index (χ1v) is 8.49. The van der Waals surface area contributed by atoms with Crippen molar-refractivity contribution in [3.05, 3.63) is 71.3 Å². The molecular formula is C20H19FN2O3. The van der Waals surface area contributed by atoms with Gasteiger partial charge in [-0.25, -0.2) is 4.39 Å². The van der Waals surface area contributed by atoms with Crippen LogP contribution >= 0.6 is 0 Å². The summed E-state index contributed by atoms with van der Waals surface area (Å²) < 4.78 is 13.2. The van der Waals surface area contributed by atoms with E-state index in [1.807, 2.05) is 6.92 Å². The van der Waals surface area contributed by atoms with Gasteiger partial charge >= 0.3 is 0 Å². The lowest BCUT2D eigenvalue weighted by molar-refractivity contribution is -0.139. The summed E-state index contributed by atoms with van der Waals surface area (Å²) in [6.45, 7) is 2.41. The second kappa shape index (κ2) is 7.47. The molecular weight excluding hydrogens is 335 g/mol. The Bertz CT molecular complexity index is 847. The molecule has 1 aromatic heterocycles. The molecule has 3 rings (SSSR count). The van der Waals surface area contributed by atoms with Crippen LogP contribution in [0.3, 0.4) is 0 Å². The number of hydrogen-bond donors (Lipinski definition) is 1. The second-order valence-corrected chi connectivity index (χ2v) is 6.13. The molecule has 1 saturated heterocycles. The Labute approximate surface area is 150 Å². The molecule has 6 heteroatoms. The number of aliphatic hydroxyl groups excluding tert-OH is 1. The summed E-state index contributed by atoms with van der Waals surface area (Å²) in [7, 11) is 0. The van der Waals surface area contributed by atoms with Crippen molar-refractivity contribution in [3.8, 4) is 0 Å². The minimum Gasteiger partial charge on any atom is -0.507 e. The standard InChI is InChI=1S/C20H19FN2O3/c1-2-3-12-23-17(13-8-10-22-11-9-13)16(19(25)20(23)26)18(24)14-4-6-15(21)7-5-14/h4-11,17,24H,2-3,12H2,1H3/b18-16-. The lowest BCUT2D eigenvalue weighted by Crippen LogP contribution is -2.30. The van der Waals surface area contributed by atoms with Crippen molar-refractivity contribution in [2.45, 2.75) is 25.8 Å². The fourth-order valence-corrected chi connectivity index (χ4v) is 3.09. The van der Waals surface area contributed by atoms with E-state index in [4.69, 9.17) is 0 Å². The number of carbonyl (C=O) groups is 2. The zero-order valence-corrected chi connectivity index (χ0v) is 14.4. The number of unbranched alkanes of at least 4 members (excludes halogenated alkanes) is 1. The monoisotopic (exact) mass is 354 g/mol. The van der Waals surface area contributed by atoms with E-state index in [0.717, 1.165) is 12.8 Å². The van der Waals surface area contributed by atoms with Crippen LogP contribution in [0, 0.1) is 5.82 Å². The molecule has 2 heterocycles. The average molecular weight is 354 g/mol. The molecule has 0 saturated carbocycles. The molecule has 0 spiro atoms. The normalized spacial score (nSPS) is 19.2. The van der Waals surface area contributed by atoms with Crippen LogP contribution in [-0.2, 0) is 9.59 Å². The van der Waals surface area contributed by atoms with Crippen molar-refractivity contribution in [1.29, 1.82) is 0 Å². The van der Waals surface area contributed by atoms with Crippen LogP contribution in [-0.4, -0.2) is 33.2 Å². The molecule has 26 heavy (non-hydrogen) atoms. The van der Waals surface area contributed by atoms with E-state index in [1.54, 1.807) is 24.5 Å². The highest BCUT2D eigenvalue weighted by atomic mass is 19.1. The smallest absolute Gasteiger partial charge is 0.295 e. The molecule has 1 N–H and O–H groups in total. The molecule has 0 bridgehead atoms. The van der Waals surface area contributed by atoms with E-state index < -0.39 is 23.5 Å². The third-order valence-corrected chi connectivity index (χ3v) is 4.43. The number of pyridine rings is 1. The molecule has 1 aliphatic heterocycles. The van der Waals surface area contributed by atoms with E-state index in [9.17, 15) is 19.1 Å². The number of halogens is 1. The van der Waals surface area contributed by atoms with Gasteiger partial charge in [0.25, 0.3) is 11.7 Å². The molecule has 1 aromatic carbocycles. The highest BCUT2D eigenvalue weighted by Crippen LogP contribution is 2.39. The van der Waals surface area contributed by atoms with Gasteiger partial charge in [0.1, 0.15) is 11.6 Å². The van der Waals surface area contributed by atoms with Crippen LogP contribution in [0.25, 0.3) is 5.76 Å². The molecule has 5 nitrogen and oxygen atoms in total. The number of aromatic nitrogens is 1. The highest BCUT2D eigenvalue weighted by molar-refractivity contribution is 6.46. The van der Waals surface area contributed by atoms with Crippen LogP contribution in [0.2, 0.25) is 0 Å². The van der Waals surface area contributed by atoms with Gasteiger partial charge in [0.15, 0.2) is 0 Å². The molecule has 1 fully saturated rings. The van der Waals surface area contributed by atoms with Gasteiger partial charge in [0, 0.05) is 24.5 Å². The predicted molar refractivity (Wildman–Crippen MR) is 94.6 cm³/mol. The lowest BCUT2D eigenvalue weighted by atomic mass is 9.96. The molecule has 1 aliphatic rings. The zero-order valence-electron chi connectivity index (χ0n) is 14.4. The Balaban J connectivity index is 2.14. The van der Waals surface area contributed by atoms with Gasteiger partial charge in [-0.1, -0.05) is 13.3 Å². The number of likely N-dealkylation sites (tertiary alicyclic amines) is 1. The Morgan fingerprint density at radius 2 is 1.81 bits per heavy atom. The molecule has 134 valence electrons. The molecule has 1 atom stereocenters. The van der Waals surface area contributed by atoms with Crippen molar-refractivity contribution < 1.29 is 19.1 Å². The van der Waals surface area contributed by atoms with Crippen LogP contribution in [0.5, 0.6) is 0 Å². The van der Waals surface area contributed by atoms with Gasteiger partial charge < -0.3 is 10.0 Å². The first-order valence-electron chi connectivity index (χ1n) is 8.49. The summed E-state index contributed by atoms with van der Waals surface area (Å²) in [5.74, 6) is -2.12.